The molecular weight excluding hydrogens is 445 g/mol. The Labute approximate surface area is 196 Å². The van der Waals surface area contributed by atoms with Crippen LogP contribution in [0, 0.1) is 18.8 Å². The number of rotatable bonds is 7. The highest BCUT2D eigenvalue weighted by atomic mass is 19.4. The Balaban J connectivity index is 1.15. The highest BCUT2D eigenvalue weighted by molar-refractivity contribution is 5.88. The Morgan fingerprint density at radius 2 is 1.91 bits per heavy atom. The summed E-state index contributed by atoms with van der Waals surface area (Å²) in [6.45, 7) is 1.68. The van der Waals surface area contributed by atoms with Gasteiger partial charge in [0.2, 0.25) is 0 Å². The molecule has 2 atom stereocenters. The van der Waals surface area contributed by atoms with E-state index < -0.39 is 17.7 Å². The van der Waals surface area contributed by atoms with Crippen LogP contribution in [0.2, 0.25) is 0 Å². The molecule has 5 rings (SSSR count). The van der Waals surface area contributed by atoms with Crippen molar-refractivity contribution < 1.29 is 27.9 Å². The van der Waals surface area contributed by atoms with E-state index in [-0.39, 0.29) is 23.9 Å². The summed E-state index contributed by atoms with van der Waals surface area (Å²) in [6.07, 6.45) is 2.14. The van der Waals surface area contributed by atoms with Crippen molar-refractivity contribution in [2.45, 2.75) is 82.8 Å². The van der Waals surface area contributed by atoms with Crippen molar-refractivity contribution in [3.8, 4) is 0 Å². The van der Waals surface area contributed by atoms with Crippen LogP contribution in [0.5, 0.6) is 0 Å². The summed E-state index contributed by atoms with van der Waals surface area (Å²) >= 11 is 0. The summed E-state index contributed by atoms with van der Waals surface area (Å²) in [6, 6.07) is 4.46. The molecule has 0 radical (unpaired) electrons. The van der Waals surface area contributed by atoms with Crippen molar-refractivity contribution >= 4 is 11.8 Å². The quantitative estimate of drug-likeness (QED) is 0.543. The third-order valence-corrected chi connectivity index (χ3v) is 8.18. The second-order valence-electron chi connectivity index (χ2n) is 10.3. The van der Waals surface area contributed by atoms with Gasteiger partial charge in [-0.1, -0.05) is 12.1 Å². The molecule has 34 heavy (non-hydrogen) atoms. The van der Waals surface area contributed by atoms with Gasteiger partial charge in [-0.25, -0.2) is 4.79 Å². The molecule has 1 heterocycles. The zero-order valence-electron chi connectivity index (χ0n) is 19.2. The van der Waals surface area contributed by atoms with Gasteiger partial charge in [0.15, 0.2) is 11.5 Å². The highest BCUT2D eigenvalue weighted by Gasteiger charge is 2.50. The average Bonchev–Trinajstić information content (AvgIpc) is 3.30. The van der Waals surface area contributed by atoms with E-state index >= 15 is 0 Å². The molecular formula is C26H29F3N2O3. The van der Waals surface area contributed by atoms with Gasteiger partial charge in [-0.3, -0.25) is 9.48 Å². The molecule has 2 fully saturated rings. The van der Waals surface area contributed by atoms with E-state index in [0.717, 1.165) is 67.8 Å². The van der Waals surface area contributed by atoms with E-state index in [4.69, 9.17) is 0 Å². The zero-order valence-corrected chi connectivity index (χ0v) is 19.2. The lowest BCUT2D eigenvalue weighted by molar-refractivity contribution is -0.138. The number of ketones is 1. The molecule has 1 N–H and O–H groups in total. The molecule has 0 spiro atoms. The Morgan fingerprint density at radius 1 is 1.18 bits per heavy atom. The molecule has 182 valence electrons. The Hall–Kier alpha value is -2.64. The molecule has 1 aromatic heterocycles. The standard InChI is InChI=1S/C26H29F3N2O3/c1-14-19(3-2-4-21(14)26(27,28)29)16-8-5-15(6-9-16)7-10-18(32)13-31-22-12-17-11-20(17)23(22)24(30-31)25(33)34/h2-4,15-17,20H,5-13H2,1H3,(H,33,34)/t15?,16?,17-,20-/m1/s1. The average molecular weight is 475 g/mol. The first-order valence-electron chi connectivity index (χ1n) is 12.1. The zero-order chi connectivity index (χ0) is 24.2. The summed E-state index contributed by atoms with van der Waals surface area (Å²) in [5.74, 6) is 0.365. The number of aromatic nitrogens is 2. The number of nitrogens with zero attached hydrogens (tertiary/aromatic N) is 2. The van der Waals surface area contributed by atoms with Gasteiger partial charge in [0.05, 0.1) is 12.1 Å². The second kappa shape index (κ2) is 8.54. The van der Waals surface area contributed by atoms with Crippen molar-refractivity contribution in [1.29, 1.82) is 0 Å². The SMILES string of the molecule is Cc1c(C2CCC(CCC(=O)Cn3nc(C(=O)O)c4c3C[C@H]3C[C@@H]43)CC2)cccc1C(F)(F)F. The van der Waals surface area contributed by atoms with Gasteiger partial charge < -0.3 is 5.11 Å². The van der Waals surface area contributed by atoms with Gasteiger partial charge in [0.25, 0.3) is 0 Å². The molecule has 3 aliphatic rings. The van der Waals surface area contributed by atoms with Gasteiger partial charge in [-0.05, 0) is 92.7 Å². The summed E-state index contributed by atoms with van der Waals surface area (Å²) in [5, 5.41) is 13.7. The smallest absolute Gasteiger partial charge is 0.416 e. The molecule has 2 aromatic rings. The van der Waals surface area contributed by atoms with Crippen molar-refractivity contribution in [2.75, 3.05) is 0 Å². The first-order valence-corrected chi connectivity index (χ1v) is 12.1. The number of aromatic carboxylic acids is 1. The fourth-order valence-corrected chi connectivity index (χ4v) is 6.26. The van der Waals surface area contributed by atoms with E-state index in [1.807, 2.05) is 6.07 Å². The molecule has 8 heteroatoms. The monoisotopic (exact) mass is 474 g/mol. The van der Waals surface area contributed by atoms with E-state index in [9.17, 15) is 27.9 Å². The molecule has 5 nitrogen and oxygen atoms in total. The minimum Gasteiger partial charge on any atom is -0.476 e. The van der Waals surface area contributed by atoms with Crippen molar-refractivity contribution in [1.82, 2.24) is 9.78 Å². The van der Waals surface area contributed by atoms with E-state index in [2.05, 4.69) is 5.10 Å². The molecule has 0 saturated heterocycles. The molecule has 1 aromatic carbocycles. The third-order valence-electron chi connectivity index (χ3n) is 8.18. The first kappa shape index (κ1) is 23.1. The molecule has 0 bridgehead atoms. The number of carbonyl (C=O) groups excluding carboxylic acids is 1. The number of carbonyl (C=O) groups is 2. The first-order chi connectivity index (χ1) is 16.1. The highest BCUT2D eigenvalue weighted by Crippen LogP contribution is 2.57. The van der Waals surface area contributed by atoms with Gasteiger partial charge >= 0.3 is 12.1 Å². The number of alkyl halides is 3. The van der Waals surface area contributed by atoms with E-state index in [0.29, 0.717) is 29.7 Å². The molecule has 0 unspecified atom stereocenters. The lowest BCUT2D eigenvalue weighted by Gasteiger charge is -2.30. The molecule has 2 saturated carbocycles. The number of fused-ring (bicyclic) bond motifs is 3. The molecule has 0 amide bonds. The minimum atomic E-state index is -4.34. The second-order valence-corrected chi connectivity index (χ2v) is 10.3. The van der Waals surface area contributed by atoms with Gasteiger partial charge in [-0.2, -0.15) is 18.3 Å². The minimum absolute atomic E-state index is 0.0543. The van der Waals surface area contributed by atoms with Crippen LogP contribution >= 0.6 is 0 Å². The number of halogens is 3. The normalized spacial score (nSPS) is 25.6. The molecule has 0 aliphatic heterocycles. The lowest BCUT2D eigenvalue weighted by Crippen LogP contribution is -2.18. The van der Waals surface area contributed by atoms with Crippen molar-refractivity contribution in [3.63, 3.8) is 0 Å². The van der Waals surface area contributed by atoms with Crippen LogP contribution in [0.3, 0.4) is 0 Å². The number of hydrogen-bond donors (Lipinski definition) is 1. The fraction of sp³-hybridized carbons (Fsp3) is 0.577. The predicted molar refractivity (Wildman–Crippen MR) is 119 cm³/mol. The third kappa shape index (κ3) is 4.27. The summed E-state index contributed by atoms with van der Waals surface area (Å²) < 4.78 is 41.4. The maximum atomic E-state index is 13.3. The maximum absolute atomic E-state index is 13.3. The summed E-state index contributed by atoms with van der Waals surface area (Å²) in [4.78, 5) is 24.2. The van der Waals surface area contributed by atoms with E-state index in [1.54, 1.807) is 11.6 Å². The Morgan fingerprint density at radius 3 is 2.59 bits per heavy atom. The Kier molecular flexibility index (Phi) is 5.81. The number of hydrogen-bond acceptors (Lipinski definition) is 3. The van der Waals surface area contributed by atoms with Crippen molar-refractivity contribution in [2.24, 2.45) is 11.8 Å². The van der Waals surface area contributed by atoms with Crippen LogP contribution in [0.15, 0.2) is 18.2 Å². The van der Waals surface area contributed by atoms with Crippen LogP contribution < -0.4 is 0 Å². The summed E-state index contributed by atoms with van der Waals surface area (Å²) in [7, 11) is 0. The van der Waals surface area contributed by atoms with Gasteiger partial charge in [0, 0.05) is 17.7 Å². The Bertz CT molecular complexity index is 1130. The number of benzene rings is 1. The van der Waals surface area contributed by atoms with Crippen LogP contribution in [-0.4, -0.2) is 26.6 Å². The van der Waals surface area contributed by atoms with Crippen LogP contribution in [0.25, 0.3) is 0 Å². The topological polar surface area (TPSA) is 72.2 Å². The predicted octanol–water partition coefficient (Wildman–Crippen LogP) is 5.89. The number of carboxylic acid groups (broad SMARTS) is 1. The van der Waals surface area contributed by atoms with Gasteiger partial charge in [-0.15, -0.1) is 0 Å². The largest absolute Gasteiger partial charge is 0.476 e. The maximum Gasteiger partial charge on any atom is 0.416 e. The van der Waals surface area contributed by atoms with Crippen LogP contribution in [-0.2, 0) is 23.9 Å². The fourth-order valence-electron chi connectivity index (χ4n) is 6.26. The van der Waals surface area contributed by atoms with E-state index in [1.165, 1.54) is 6.07 Å². The van der Waals surface area contributed by atoms with Crippen LogP contribution in [0.4, 0.5) is 13.2 Å². The molecule has 3 aliphatic carbocycles. The number of carboxylic acids is 1. The van der Waals surface area contributed by atoms with Crippen molar-refractivity contribution in [3.05, 3.63) is 51.8 Å². The van der Waals surface area contributed by atoms with Crippen LogP contribution in [0.1, 0.15) is 95.2 Å². The lowest BCUT2D eigenvalue weighted by atomic mass is 9.75. The summed E-state index contributed by atoms with van der Waals surface area (Å²) in [5.41, 5.74) is 2.45. The number of Topliss-reactive ketones (excluding diaryl/α,β-unsaturated/α-hetero) is 1. The van der Waals surface area contributed by atoms with Gasteiger partial charge in [0.1, 0.15) is 0 Å².